The molecule has 1 unspecified atom stereocenters. The smallest absolute Gasteiger partial charge is 0.240 e. The summed E-state index contributed by atoms with van der Waals surface area (Å²) in [6, 6.07) is 6.28. The Morgan fingerprint density at radius 1 is 0.971 bits per heavy atom. The number of carbonyl (C=O) groups excluding carboxylic acids is 1. The van der Waals surface area contributed by atoms with Crippen molar-refractivity contribution in [1.29, 1.82) is 0 Å². The Bertz CT molecular complexity index is 854. The van der Waals surface area contributed by atoms with E-state index in [1.54, 1.807) is 12.1 Å². The van der Waals surface area contributed by atoms with E-state index >= 15 is 0 Å². The van der Waals surface area contributed by atoms with Crippen molar-refractivity contribution in [3.63, 3.8) is 0 Å². The molecule has 0 bridgehead atoms. The van der Waals surface area contributed by atoms with Gasteiger partial charge in [-0.15, -0.1) is 0 Å². The molecule has 1 atom stereocenters. The lowest BCUT2D eigenvalue weighted by molar-refractivity contribution is -0.119. The van der Waals surface area contributed by atoms with Crippen LogP contribution in [0.2, 0.25) is 0 Å². The average Bonchev–Trinajstić information content (AvgIpc) is 3.35. The van der Waals surface area contributed by atoms with Crippen molar-refractivity contribution in [2.45, 2.75) is 108 Å². The second-order valence-corrected chi connectivity index (χ2v) is 11.5. The summed E-state index contributed by atoms with van der Waals surface area (Å²) in [6.45, 7) is 3.20. The lowest BCUT2D eigenvalue weighted by atomic mass is 10.1. The van der Waals surface area contributed by atoms with Crippen molar-refractivity contribution < 1.29 is 17.9 Å². The van der Waals surface area contributed by atoms with Crippen molar-refractivity contribution in [3.8, 4) is 0 Å². The molecule has 1 fully saturated rings. The predicted molar refractivity (Wildman–Crippen MR) is 146 cm³/mol. The summed E-state index contributed by atoms with van der Waals surface area (Å²) in [5, 5.41) is 5.85. The fourth-order valence-electron chi connectivity index (χ4n) is 4.11. The Morgan fingerprint density at radius 2 is 1.57 bits per heavy atom. The minimum Gasteiger partial charge on any atom is -0.377 e. The minimum absolute atomic E-state index is 0.0585. The second kappa shape index (κ2) is 17.0. The van der Waals surface area contributed by atoms with Gasteiger partial charge in [-0.1, -0.05) is 71.1 Å². The number of unbranched alkanes of at least 4 members (excludes halogenated alkanes) is 10. The Hall–Kier alpha value is -1.55. The Balaban J connectivity index is 1.57. The van der Waals surface area contributed by atoms with Crippen LogP contribution in [-0.4, -0.2) is 38.7 Å². The molecule has 198 valence electrons. The first-order valence-corrected chi connectivity index (χ1v) is 15.1. The van der Waals surface area contributed by atoms with Crippen molar-refractivity contribution in [1.82, 2.24) is 10.0 Å². The first kappa shape index (κ1) is 29.7. The number of carbonyl (C=O) groups is 1. The number of hydrogen-bond donors (Lipinski definition) is 3. The maximum Gasteiger partial charge on any atom is 0.240 e. The van der Waals surface area contributed by atoms with Crippen LogP contribution in [0.1, 0.15) is 96.8 Å². The molecule has 0 radical (unpaired) electrons. The normalized spacial score (nSPS) is 15.7. The maximum atomic E-state index is 12.4. The Morgan fingerprint density at radius 3 is 2.14 bits per heavy atom. The van der Waals surface area contributed by atoms with Gasteiger partial charge in [0.2, 0.25) is 15.9 Å². The van der Waals surface area contributed by atoms with Crippen LogP contribution in [0.3, 0.4) is 0 Å². The molecule has 0 aliphatic carbocycles. The highest BCUT2D eigenvalue weighted by Gasteiger charge is 2.20. The number of sulfonamides is 1. The summed E-state index contributed by atoms with van der Waals surface area (Å²) in [7, 11) is -3.60. The third kappa shape index (κ3) is 12.8. The third-order valence-corrected chi connectivity index (χ3v) is 7.85. The molecule has 1 heterocycles. The summed E-state index contributed by atoms with van der Waals surface area (Å²) in [5.74, 6) is -0.101. The molecule has 7 nitrogen and oxygen atoms in total. The van der Waals surface area contributed by atoms with E-state index in [1.165, 1.54) is 69.9 Å². The van der Waals surface area contributed by atoms with Gasteiger partial charge in [-0.3, -0.25) is 4.79 Å². The fourth-order valence-corrected chi connectivity index (χ4v) is 5.41. The van der Waals surface area contributed by atoms with E-state index < -0.39 is 10.0 Å². The van der Waals surface area contributed by atoms with Gasteiger partial charge in [0, 0.05) is 25.3 Å². The van der Waals surface area contributed by atoms with Gasteiger partial charge >= 0.3 is 0 Å². The SMILES string of the molecule is CCCCCCCCCCCCCC(=O)NC(=S)Nc1ccc(S(=O)(=O)NCC2CCCO2)cc1. The molecular weight excluding hydrogens is 482 g/mol. The molecule has 1 aliphatic rings. The molecule has 9 heteroatoms. The van der Waals surface area contributed by atoms with Gasteiger partial charge < -0.3 is 15.4 Å². The van der Waals surface area contributed by atoms with Gasteiger partial charge in [-0.2, -0.15) is 0 Å². The van der Waals surface area contributed by atoms with E-state index in [0.717, 1.165) is 25.7 Å². The molecule has 35 heavy (non-hydrogen) atoms. The van der Waals surface area contributed by atoms with Gasteiger partial charge in [0.15, 0.2) is 5.11 Å². The zero-order valence-electron chi connectivity index (χ0n) is 21.1. The lowest BCUT2D eigenvalue weighted by Crippen LogP contribution is -2.34. The summed E-state index contributed by atoms with van der Waals surface area (Å²) in [5.41, 5.74) is 0.614. The van der Waals surface area contributed by atoms with Crippen LogP contribution in [0.15, 0.2) is 29.2 Å². The highest BCUT2D eigenvalue weighted by atomic mass is 32.2. The number of thiocarbonyl (C=S) groups is 1. The van der Waals surface area contributed by atoms with E-state index in [2.05, 4.69) is 22.3 Å². The molecule has 2 rings (SSSR count). The van der Waals surface area contributed by atoms with Gasteiger partial charge in [0.05, 0.1) is 11.0 Å². The van der Waals surface area contributed by atoms with Crippen LogP contribution in [0.4, 0.5) is 5.69 Å². The minimum atomic E-state index is -3.60. The molecule has 0 saturated carbocycles. The van der Waals surface area contributed by atoms with E-state index in [4.69, 9.17) is 17.0 Å². The van der Waals surface area contributed by atoms with Crippen LogP contribution < -0.4 is 15.4 Å². The lowest BCUT2D eigenvalue weighted by Gasteiger charge is -2.12. The van der Waals surface area contributed by atoms with E-state index in [-0.39, 0.29) is 28.6 Å². The number of hydrogen-bond acceptors (Lipinski definition) is 5. The van der Waals surface area contributed by atoms with Crippen LogP contribution in [0.5, 0.6) is 0 Å². The molecule has 1 aromatic carbocycles. The summed E-state index contributed by atoms with van der Waals surface area (Å²) < 4.78 is 32.9. The number of amides is 1. The number of ether oxygens (including phenoxy) is 1. The molecule has 1 saturated heterocycles. The van der Waals surface area contributed by atoms with Crippen molar-refractivity contribution in [2.24, 2.45) is 0 Å². The fraction of sp³-hybridized carbons (Fsp3) is 0.692. The Kier molecular flexibility index (Phi) is 14.4. The highest BCUT2D eigenvalue weighted by Crippen LogP contribution is 2.16. The largest absolute Gasteiger partial charge is 0.377 e. The van der Waals surface area contributed by atoms with Crippen molar-refractivity contribution in [3.05, 3.63) is 24.3 Å². The zero-order chi connectivity index (χ0) is 25.4. The monoisotopic (exact) mass is 525 g/mol. The molecular formula is C26H43N3O4S2. The summed E-state index contributed by atoms with van der Waals surface area (Å²) in [4.78, 5) is 12.3. The van der Waals surface area contributed by atoms with Crippen LogP contribution in [0, 0.1) is 0 Å². The molecule has 1 amide bonds. The van der Waals surface area contributed by atoms with E-state index in [1.807, 2.05) is 0 Å². The predicted octanol–water partition coefficient (Wildman–Crippen LogP) is 5.66. The molecule has 0 spiro atoms. The summed E-state index contributed by atoms with van der Waals surface area (Å²) >= 11 is 5.22. The first-order chi connectivity index (χ1) is 16.9. The van der Waals surface area contributed by atoms with Crippen molar-refractivity contribution >= 4 is 38.9 Å². The van der Waals surface area contributed by atoms with Gasteiger partial charge in [-0.25, -0.2) is 13.1 Å². The number of rotatable bonds is 17. The Labute approximate surface area is 217 Å². The third-order valence-electron chi connectivity index (χ3n) is 6.21. The quantitative estimate of drug-likeness (QED) is 0.179. The van der Waals surface area contributed by atoms with Gasteiger partial charge in [0.25, 0.3) is 0 Å². The van der Waals surface area contributed by atoms with Gasteiger partial charge in [-0.05, 0) is 55.7 Å². The number of anilines is 1. The number of nitrogens with one attached hydrogen (secondary N) is 3. The molecule has 3 N–H and O–H groups in total. The topological polar surface area (TPSA) is 96.5 Å². The van der Waals surface area contributed by atoms with Crippen LogP contribution >= 0.6 is 12.2 Å². The maximum absolute atomic E-state index is 12.4. The van der Waals surface area contributed by atoms with Crippen LogP contribution in [0.25, 0.3) is 0 Å². The molecule has 1 aliphatic heterocycles. The highest BCUT2D eigenvalue weighted by molar-refractivity contribution is 7.89. The van der Waals surface area contributed by atoms with Gasteiger partial charge in [0.1, 0.15) is 0 Å². The van der Waals surface area contributed by atoms with Crippen LogP contribution in [-0.2, 0) is 19.6 Å². The summed E-state index contributed by atoms with van der Waals surface area (Å²) in [6.07, 6.45) is 15.9. The standard InChI is InChI=1S/C26H43N3O4S2/c1-2-3-4-5-6-7-8-9-10-11-12-15-25(30)29-26(34)28-22-16-18-24(19-17-22)35(31,32)27-21-23-14-13-20-33-23/h16-19,23,27H,2-15,20-21H2,1H3,(H2,28,29,30,34). The van der Waals surface area contributed by atoms with E-state index in [0.29, 0.717) is 18.7 Å². The second-order valence-electron chi connectivity index (χ2n) is 9.30. The first-order valence-electron chi connectivity index (χ1n) is 13.2. The van der Waals surface area contributed by atoms with Crippen molar-refractivity contribution in [2.75, 3.05) is 18.5 Å². The number of benzene rings is 1. The molecule has 0 aromatic heterocycles. The molecule has 1 aromatic rings. The zero-order valence-corrected chi connectivity index (χ0v) is 22.8. The average molecular weight is 526 g/mol. The van der Waals surface area contributed by atoms with E-state index in [9.17, 15) is 13.2 Å².